The molecule has 2 rings (SSSR count). The normalized spacial score (nSPS) is 11.8. The van der Waals surface area contributed by atoms with Gasteiger partial charge in [-0.25, -0.2) is 0 Å². The number of benzene rings is 2. The minimum Gasteiger partial charge on any atom is -0.392 e. The second-order valence-corrected chi connectivity index (χ2v) is 5.51. The zero-order valence-electron chi connectivity index (χ0n) is 13.2. The summed E-state index contributed by atoms with van der Waals surface area (Å²) in [5, 5.41) is 15.2. The van der Waals surface area contributed by atoms with E-state index in [9.17, 15) is 4.79 Å². The fourth-order valence-electron chi connectivity index (χ4n) is 2.14. The van der Waals surface area contributed by atoms with Crippen molar-refractivity contribution in [1.29, 1.82) is 0 Å². The molecule has 0 saturated carbocycles. The molecule has 0 bridgehead atoms. The summed E-state index contributed by atoms with van der Waals surface area (Å²) in [5.74, 6) is -0.0994. The average molecular weight is 298 g/mol. The molecule has 3 N–H and O–H groups in total. The Labute approximate surface area is 131 Å². The molecular weight excluding hydrogens is 276 g/mol. The standard InChI is InChI=1S/C18H22N2O2/c1-12-7-8-17(9-13(12)2)20-18(22)14(3)19-16-6-4-5-15(10-16)11-21/h4-10,14,19,21H,11H2,1-3H3,(H,20,22). The van der Waals surface area contributed by atoms with E-state index in [1.165, 1.54) is 5.56 Å². The SMILES string of the molecule is Cc1ccc(NC(=O)C(C)Nc2cccc(CO)c2)cc1C. The van der Waals surface area contributed by atoms with Crippen molar-refractivity contribution >= 4 is 17.3 Å². The Morgan fingerprint density at radius 3 is 2.55 bits per heavy atom. The van der Waals surface area contributed by atoms with Gasteiger partial charge < -0.3 is 15.7 Å². The lowest BCUT2D eigenvalue weighted by atomic mass is 10.1. The summed E-state index contributed by atoms with van der Waals surface area (Å²) in [7, 11) is 0. The third-order valence-corrected chi connectivity index (χ3v) is 3.66. The van der Waals surface area contributed by atoms with Crippen molar-refractivity contribution in [2.75, 3.05) is 10.6 Å². The molecule has 0 aliphatic heterocycles. The van der Waals surface area contributed by atoms with Gasteiger partial charge in [-0.15, -0.1) is 0 Å². The maximum Gasteiger partial charge on any atom is 0.246 e. The van der Waals surface area contributed by atoms with E-state index in [1.807, 2.05) is 63.2 Å². The maximum atomic E-state index is 12.2. The molecule has 0 aromatic heterocycles. The highest BCUT2D eigenvalue weighted by atomic mass is 16.3. The third kappa shape index (κ3) is 4.09. The fourth-order valence-corrected chi connectivity index (χ4v) is 2.14. The number of carbonyl (C=O) groups excluding carboxylic acids is 1. The number of aryl methyl sites for hydroxylation is 2. The zero-order chi connectivity index (χ0) is 16.1. The van der Waals surface area contributed by atoms with Crippen LogP contribution in [0.3, 0.4) is 0 Å². The molecule has 0 aliphatic rings. The van der Waals surface area contributed by atoms with Crippen molar-refractivity contribution in [3.05, 3.63) is 59.2 Å². The Kier molecular flexibility index (Phi) is 5.17. The van der Waals surface area contributed by atoms with Crippen LogP contribution in [0.4, 0.5) is 11.4 Å². The van der Waals surface area contributed by atoms with E-state index in [4.69, 9.17) is 5.11 Å². The highest BCUT2D eigenvalue weighted by Gasteiger charge is 2.13. The van der Waals surface area contributed by atoms with Gasteiger partial charge in [0.05, 0.1) is 6.61 Å². The molecule has 116 valence electrons. The summed E-state index contributed by atoms with van der Waals surface area (Å²) in [6.07, 6.45) is 0. The highest BCUT2D eigenvalue weighted by Crippen LogP contribution is 2.16. The van der Waals surface area contributed by atoms with Crippen molar-refractivity contribution in [3.63, 3.8) is 0 Å². The second kappa shape index (κ2) is 7.09. The minimum atomic E-state index is -0.379. The van der Waals surface area contributed by atoms with Gasteiger partial charge in [-0.05, 0) is 61.7 Å². The van der Waals surface area contributed by atoms with Crippen LogP contribution in [0.25, 0.3) is 0 Å². The van der Waals surface area contributed by atoms with Gasteiger partial charge >= 0.3 is 0 Å². The van der Waals surface area contributed by atoms with Gasteiger partial charge in [0.15, 0.2) is 0 Å². The molecule has 4 nitrogen and oxygen atoms in total. The highest BCUT2D eigenvalue weighted by molar-refractivity contribution is 5.96. The van der Waals surface area contributed by atoms with Crippen LogP contribution in [0, 0.1) is 13.8 Å². The number of amides is 1. The van der Waals surface area contributed by atoms with Crippen molar-refractivity contribution in [2.24, 2.45) is 0 Å². The van der Waals surface area contributed by atoms with Gasteiger partial charge in [0.25, 0.3) is 0 Å². The summed E-state index contributed by atoms with van der Waals surface area (Å²) >= 11 is 0. The van der Waals surface area contributed by atoms with Gasteiger partial charge in [-0.2, -0.15) is 0 Å². The number of nitrogens with one attached hydrogen (secondary N) is 2. The summed E-state index contributed by atoms with van der Waals surface area (Å²) in [5.41, 5.74) is 4.77. The second-order valence-electron chi connectivity index (χ2n) is 5.51. The van der Waals surface area contributed by atoms with Crippen LogP contribution < -0.4 is 10.6 Å². The predicted octanol–water partition coefficient (Wildman–Crippen LogP) is 3.23. The van der Waals surface area contributed by atoms with Crippen LogP contribution in [0.2, 0.25) is 0 Å². The maximum absolute atomic E-state index is 12.2. The predicted molar refractivity (Wildman–Crippen MR) is 90.0 cm³/mol. The molecule has 2 aromatic rings. The number of hydrogen-bond donors (Lipinski definition) is 3. The topological polar surface area (TPSA) is 61.4 Å². The molecule has 0 spiro atoms. The van der Waals surface area contributed by atoms with Gasteiger partial charge in [0.2, 0.25) is 5.91 Å². The van der Waals surface area contributed by atoms with Gasteiger partial charge in [0, 0.05) is 11.4 Å². The number of aliphatic hydroxyl groups is 1. The van der Waals surface area contributed by atoms with E-state index in [0.29, 0.717) is 0 Å². The molecule has 22 heavy (non-hydrogen) atoms. The molecule has 0 fully saturated rings. The average Bonchev–Trinajstić information content (AvgIpc) is 2.51. The van der Waals surface area contributed by atoms with Crippen molar-refractivity contribution in [3.8, 4) is 0 Å². The Morgan fingerprint density at radius 1 is 1.09 bits per heavy atom. The Morgan fingerprint density at radius 2 is 1.86 bits per heavy atom. The first-order valence-electron chi connectivity index (χ1n) is 7.34. The van der Waals surface area contributed by atoms with E-state index in [0.717, 1.165) is 22.5 Å². The molecule has 0 heterocycles. The number of rotatable bonds is 5. The van der Waals surface area contributed by atoms with E-state index < -0.39 is 0 Å². The van der Waals surface area contributed by atoms with E-state index in [2.05, 4.69) is 10.6 Å². The molecule has 1 amide bonds. The van der Waals surface area contributed by atoms with E-state index >= 15 is 0 Å². The van der Waals surface area contributed by atoms with Crippen LogP contribution >= 0.6 is 0 Å². The summed E-state index contributed by atoms with van der Waals surface area (Å²) in [6.45, 7) is 5.85. The van der Waals surface area contributed by atoms with Crippen molar-refractivity contribution in [1.82, 2.24) is 0 Å². The molecule has 0 radical (unpaired) electrons. The zero-order valence-corrected chi connectivity index (χ0v) is 13.2. The smallest absolute Gasteiger partial charge is 0.246 e. The molecule has 0 aliphatic carbocycles. The molecule has 0 saturated heterocycles. The first-order chi connectivity index (χ1) is 10.5. The van der Waals surface area contributed by atoms with Gasteiger partial charge in [0.1, 0.15) is 6.04 Å². The lowest BCUT2D eigenvalue weighted by molar-refractivity contribution is -0.116. The molecule has 2 aromatic carbocycles. The minimum absolute atomic E-state index is 0.0151. The van der Waals surface area contributed by atoms with Crippen molar-refractivity contribution in [2.45, 2.75) is 33.4 Å². The van der Waals surface area contributed by atoms with Gasteiger partial charge in [-0.3, -0.25) is 4.79 Å². The van der Waals surface area contributed by atoms with Crippen molar-refractivity contribution < 1.29 is 9.90 Å². The monoisotopic (exact) mass is 298 g/mol. The summed E-state index contributed by atoms with van der Waals surface area (Å²) in [6, 6.07) is 12.9. The lowest BCUT2D eigenvalue weighted by Crippen LogP contribution is -2.31. The van der Waals surface area contributed by atoms with Gasteiger partial charge in [-0.1, -0.05) is 18.2 Å². The summed E-state index contributed by atoms with van der Waals surface area (Å²) in [4.78, 5) is 12.2. The first-order valence-corrected chi connectivity index (χ1v) is 7.34. The number of anilines is 2. The Bertz CT molecular complexity index is 668. The fraction of sp³-hybridized carbons (Fsp3) is 0.278. The number of aliphatic hydroxyl groups excluding tert-OH is 1. The van der Waals surface area contributed by atoms with Crippen LogP contribution in [0.1, 0.15) is 23.6 Å². The largest absolute Gasteiger partial charge is 0.392 e. The quantitative estimate of drug-likeness (QED) is 0.794. The first kappa shape index (κ1) is 16.0. The molecule has 1 atom stereocenters. The van der Waals surface area contributed by atoms with E-state index in [-0.39, 0.29) is 18.6 Å². The lowest BCUT2D eigenvalue weighted by Gasteiger charge is -2.16. The molecule has 1 unspecified atom stereocenters. The molecular formula is C18H22N2O2. The number of carbonyl (C=O) groups is 1. The van der Waals surface area contributed by atoms with Crippen LogP contribution in [-0.4, -0.2) is 17.1 Å². The third-order valence-electron chi connectivity index (χ3n) is 3.66. The van der Waals surface area contributed by atoms with Crippen LogP contribution in [0.15, 0.2) is 42.5 Å². The van der Waals surface area contributed by atoms with E-state index in [1.54, 1.807) is 0 Å². The molecule has 4 heteroatoms. The Balaban J connectivity index is 2.00. The van der Waals surface area contributed by atoms with Crippen LogP contribution in [-0.2, 0) is 11.4 Å². The Hall–Kier alpha value is -2.33. The summed E-state index contributed by atoms with van der Waals surface area (Å²) < 4.78 is 0. The van der Waals surface area contributed by atoms with Crippen LogP contribution in [0.5, 0.6) is 0 Å². The number of hydrogen-bond acceptors (Lipinski definition) is 3.